The molecule has 1 heterocycles. The van der Waals surface area contributed by atoms with E-state index in [9.17, 15) is 0 Å². The van der Waals surface area contributed by atoms with Crippen molar-refractivity contribution in [2.24, 2.45) is 11.3 Å². The predicted molar refractivity (Wildman–Crippen MR) is 81.0 cm³/mol. The average molecular weight is 254 g/mol. The Labute approximate surface area is 115 Å². The predicted octanol–water partition coefficient (Wildman–Crippen LogP) is 3.52. The second-order valence-electron chi connectivity index (χ2n) is 7.16. The van der Waals surface area contributed by atoms with Crippen molar-refractivity contribution in [3.8, 4) is 0 Å². The summed E-state index contributed by atoms with van der Waals surface area (Å²) >= 11 is 0. The van der Waals surface area contributed by atoms with Crippen LogP contribution in [0.5, 0.6) is 0 Å². The van der Waals surface area contributed by atoms with Gasteiger partial charge in [0.2, 0.25) is 0 Å². The third-order valence-corrected chi connectivity index (χ3v) is 4.06. The van der Waals surface area contributed by atoms with E-state index >= 15 is 0 Å². The van der Waals surface area contributed by atoms with E-state index in [2.05, 4.69) is 37.9 Å². The normalized spacial score (nSPS) is 21.2. The van der Waals surface area contributed by atoms with Crippen molar-refractivity contribution in [3.05, 3.63) is 0 Å². The fourth-order valence-corrected chi connectivity index (χ4v) is 2.68. The summed E-state index contributed by atoms with van der Waals surface area (Å²) in [6.45, 7) is 15.7. The molecule has 2 heteroatoms. The summed E-state index contributed by atoms with van der Waals surface area (Å²) in [6.07, 6.45) is 6.84. The van der Waals surface area contributed by atoms with Crippen LogP contribution in [0.1, 0.15) is 59.8 Å². The second-order valence-corrected chi connectivity index (χ2v) is 7.16. The van der Waals surface area contributed by atoms with Gasteiger partial charge in [-0.15, -0.1) is 0 Å². The van der Waals surface area contributed by atoms with Crippen LogP contribution < -0.4 is 5.32 Å². The molecule has 1 N–H and O–H groups in total. The summed E-state index contributed by atoms with van der Waals surface area (Å²) in [5.41, 5.74) is 0.577. The topological polar surface area (TPSA) is 15.3 Å². The fraction of sp³-hybridized carbons (Fsp3) is 1.00. The standard InChI is InChI=1S/C16H34N2/c1-15(2)14-17-10-5-6-11-18-12-7-8-16(3,4)9-13-18/h15,17H,5-14H2,1-4H3. The molecule has 108 valence electrons. The number of unbranched alkanes of at least 4 members (excludes halogenated alkanes) is 1. The minimum Gasteiger partial charge on any atom is -0.316 e. The zero-order chi connectivity index (χ0) is 13.4. The van der Waals surface area contributed by atoms with Gasteiger partial charge in [-0.3, -0.25) is 0 Å². The zero-order valence-electron chi connectivity index (χ0n) is 13.1. The molecular formula is C16H34N2. The minimum atomic E-state index is 0.577. The monoisotopic (exact) mass is 254 g/mol. The van der Waals surface area contributed by atoms with Crippen LogP contribution >= 0.6 is 0 Å². The molecular weight excluding hydrogens is 220 g/mol. The molecule has 1 saturated heterocycles. The summed E-state index contributed by atoms with van der Waals surface area (Å²) in [7, 11) is 0. The maximum atomic E-state index is 3.53. The summed E-state index contributed by atoms with van der Waals surface area (Å²) in [5.74, 6) is 0.776. The highest BCUT2D eigenvalue weighted by molar-refractivity contribution is 4.76. The van der Waals surface area contributed by atoms with Gasteiger partial charge in [0.1, 0.15) is 0 Å². The van der Waals surface area contributed by atoms with Crippen molar-refractivity contribution >= 4 is 0 Å². The Hall–Kier alpha value is -0.0800. The first-order chi connectivity index (χ1) is 8.49. The molecule has 0 amide bonds. The van der Waals surface area contributed by atoms with Gasteiger partial charge in [0, 0.05) is 0 Å². The van der Waals surface area contributed by atoms with E-state index in [1.165, 1.54) is 58.3 Å². The number of nitrogens with zero attached hydrogens (tertiary/aromatic N) is 1. The lowest BCUT2D eigenvalue weighted by Gasteiger charge is -2.23. The van der Waals surface area contributed by atoms with E-state index in [1.54, 1.807) is 0 Å². The Morgan fingerprint density at radius 1 is 1.11 bits per heavy atom. The molecule has 0 aromatic heterocycles. The molecule has 0 bridgehead atoms. The lowest BCUT2D eigenvalue weighted by molar-refractivity contribution is 0.258. The van der Waals surface area contributed by atoms with Gasteiger partial charge in [-0.1, -0.05) is 27.7 Å². The summed E-state index contributed by atoms with van der Waals surface area (Å²) in [4.78, 5) is 2.68. The average Bonchev–Trinajstić information content (AvgIpc) is 2.45. The molecule has 0 aromatic rings. The maximum Gasteiger partial charge on any atom is -0.00136 e. The van der Waals surface area contributed by atoms with E-state index in [0.717, 1.165) is 12.5 Å². The Kier molecular flexibility index (Phi) is 7.25. The SMILES string of the molecule is CC(C)CNCCCCN1CCCC(C)(C)CC1. The van der Waals surface area contributed by atoms with E-state index in [4.69, 9.17) is 0 Å². The number of likely N-dealkylation sites (tertiary alicyclic amines) is 1. The van der Waals surface area contributed by atoms with E-state index in [1.807, 2.05) is 0 Å². The van der Waals surface area contributed by atoms with Crippen molar-refractivity contribution in [3.63, 3.8) is 0 Å². The molecule has 1 aliphatic rings. The molecule has 1 aliphatic heterocycles. The third kappa shape index (κ3) is 7.38. The fourth-order valence-electron chi connectivity index (χ4n) is 2.68. The number of rotatable bonds is 7. The second kappa shape index (κ2) is 8.16. The van der Waals surface area contributed by atoms with Gasteiger partial charge < -0.3 is 10.2 Å². The van der Waals surface area contributed by atoms with Gasteiger partial charge in [0.15, 0.2) is 0 Å². The van der Waals surface area contributed by atoms with Crippen LogP contribution in [-0.4, -0.2) is 37.6 Å². The quantitative estimate of drug-likeness (QED) is 0.699. The molecule has 0 atom stereocenters. The van der Waals surface area contributed by atoms with Crippen LogP contribution in [0.25, 0.3) is 0 Å². The molecule has 2 nitrogen and oxygen atoms in total. The molecule has 18 heavy (non-hydrogen) atoms. The van der Waals surface area contributed by atoms with Crippen LogP contribution in [0.3, 0.4) is 0 Å². The van der Waals surface area contributed by atoms with Crippen LogP contribution in [0.2, 0.25) is 0 Å². The Bertz CT molecular complexity index is 211. The first-order valence-corrected chi connectivity index (χ1v) is 7.93. The lowest BCUT2D eigenvalue weighted by Crippen LogP contribution is -2.27. The first-order valence-electron chi connectivity index (χ1n) is 7.93. The van der Waals surface area contributed by atoms with E-state index in [0.29, 0.717) is 5.41 Å². The number of nitrogens with one attached hydrogen (secondary N) is 1. The van der Waals surface area contributed by atoms with Gasteiger partial charge in [-0.05, 0) is 76.2 Å². The smallest absolute Gasteiger partial charge is 0.00136 e. The lowest BCUT2D eigenvalue weighted by atomic mass is 9.85. The molecule has 1 fully saturated rings. The zero-order valence-corrected chi connectivity index (χ0v) is 13.1. The van der Waals surface area contributed by atoms with Gasteiger partial charge in [-0.25, -0.2) is 0 Å². The van der Waals surface area contributed by atoms with E-state index in [-0.39, 0.29) is 0 Å². The van der Waals surface area contributed by atoms with Crippen LogP contribution in [-0.2, 0) is 0 Å². The molecule has 0 spiro atoms. The largest absolute Gasteiger partial charge is 0.316 e. The molecule has 0 saturated carbocycles. The Balaban J connectivity index is 2.02. The van der Waals surface area contributed by atoms with Crippen molar-refractivity contribution in [2.75, 3.05) is 32.7 Å². The highest BCUT2D eigenvalue weighted by Crippen LogP contribution is 2.29. The van der Waals surface area contributed by atoms with Crippen LogP contribution in [0.15, 0.2) is 0 Å². The molecule has 0 aromatic carbocycles. The summed E-state index contributed by atoms with van der Waals surface area (Å²) in [6, 6.07) is 0. The summed E-state index contributed by atoms with van der Waals surface area (Å²) < 4.78 is 0. The Morgan fingerprint density at radius 3 is 2.61 bits per heavy atom. The van der Waals surface area contributed by atoms with E-state index < -0.39 is 0 Å². The highest BCUT2D eigenvalue weighted by Gasteiger charge is 2.22. The van der Waals surface area contributed by atoms with Gasteiger partial charge >= 0.3 is 0 Å². The number of hydrogen-bond acceptors (Lipinski definition) is 2. The van der Waals surface area contributed by atoms with Crippen molar-refractivity contribution in [1.82, 2.24) is 10.2 Å². The molecule has 0 aliphatic carbocycles. The van der Waals surface area contributed by atoms with Crippen LogP contribution in [0.4, 0.5) is 0 Å². The van der Waals surface area contributed by atoms with Crippen molar-refractivity contribution < 1.29 is 0 Å². The van der Waals surface area contributed by atoms with Crippen LogP contribution in [0, 0.1) is 11.3 Å². The van der Waals surface area contributed by atoms with Gasteiger partial charge in [-0.2, -0.15) is 0 Å². The number of hydrogen-bond donors (Lipinski definition) is 1. The summed E-state index contributed by atoms with van der Waals surface area (Å²) in [5, 5.41) is 3.53. The minimum absolute atomic E-state index is 0.577. The van der Waals surface area contributed by atoms with Crippen molar-refractivity contribution in [1.29, 1.82) is 0 Å². The highest BCUT2D eigenvalue weighted by atomic mass is 15.1. The van der Waals surface area contributed by atoms with Gasteiger partial charge in [0.25, 0.3) is 0 Å². The first kappa shape index (κ1) is 16.0. The van der Waals surface area contributed by atoms with Crippen molar-refractivity contribution in [2.45, 2.75) is 59.8 Å². The maximum absolute atomic E-state index is 3.53. The molecule has 1 rings (SSSR count). The molecule has 0 unspecified atom stereocenters. The molecule has 0 radical (unpaired) electrons. The Morgan fingerprint density at radius 2 is 1.89 bits per heavy atom. The third-order valence-electron chi connectivity index (χ3n) is 4.06. The van der Waals surface area contributed by atoms with Gasteiger partial charge in [0.05, 0.1) is 0 Å².